The van der Waals surface area contributed by atoms with Crippen LogP contribution in [0.4, 0.5) is 0 Å². The summed E-state index contributed by atoms with van der Waals surface area (Å²) in [7, 11) is 0. The number of hydrogen-bond acceptors (Lipinski definition) is 3. The Balaban J connectivity index is 1.64. The lowest BCUT2D eigenvalue weighted by molar-refractivity contribution is 0.220. The van der Waals surface area contributed by atoms with E-state index in [4.69, 9.17) is 4.74 Å². The molecule has 0 aliphatic rings. The van der Waals surface area contributed by atoms with E-state index >= 15 is 0 Å². The number of rotatable bonds is 5. The Labute approximate surface area is 128 Å². The molecule has 3 aromatic rings. The smallest absolute Gasteiger partial charge is 0.119 e. The van der Waals surface area contributed by atoms with Crippen LogP contribution in [-0.2, 0) is 6.61 Å². The number of hydrogen-bond donors (Lipinski definition) is 1. The van der Waals surface area contributed by atoms with E-state index in [1.807, 2.05) is 71.4 Å². The molecule has 1 unspecified atom stereocenters. The standard InChI is InChI=1S/C18H16O2S/c19-18(16-10-11-21-13-16)15-6-8-17(9-7-15)20-12-14-4-2-1-3-5-14/h1-11,13,18-19H,12H2. The molecule has 1 aromatic heterocycles. The van der Waals surface area contributed by atoms with Gasteiger partial charge in [0, 0.05) is 0 Å². The zero-order valence-corrected chi connectivity index (χ0v) is 12.3. The second-order valence-electron chi connectivity index (χ2n) is 4.80. The first-order valence-corrected chi connectivity index (χ1v) is 7.74. The van der Waals surface area contributed by atoms with Crippen molar-refractivity contribution < 1.29 is 9.84 Å². The van der Waals surface area contributed by atoms with Crippen LogP contribution in [0, 0.1) is 0 Å². The van der Waals surface area contributed by atoms with Gasteiger partial charge in [0.1, 0.15) is 18.5 Å². The van der Waals surface area contributed by atoms with Crippen molar-refractivity contribution in [3.05, 3.63) is 88.1 Å². The molecule has 2 nitrogen and oxygen atoms in total. The molecule has 0 aliphatic heterocycles. The lowest BCUT2D eigenvalue weighted by Crippen LogP contribution is -1.99. The van der Waals surface area contributed by atoms with Gasteiger partial charge in [0.2, 0.25) is 0 Å². The molecular formula is C18H16O2S. The average Bonchev–Trinajstić information content (AvgIpc) is 3.08. The summed E-state index contributed by atoms with van der Waals surface area (Å²) < 4.78 is 5.74. The zero-order chi connectivity index (χ0) is 14.5. The van der Waals surface area contributed by atoms with Crippen molar-refractivity contribution in [2.75, 3.05) is 0 Å². The maximum atomic E-state index is 10.2. The molecule has 0 fully saturated rings. The molecular weight excluding hydrogens is 280 g/mol. The summed E-state index contributed by atoms with van der Waals surface area (Å²) >= 11 is 1.59. The van der Waals surface area contributed by atoms with Crippen LogP contribution in [0.5, 0.6) is 5.75 Å². The fraction of sp³-hybridized carbons (Fsp3) is 0.111. The van der Waals surface area contributed by atoms with Crippen LogP contribution >= 0.6 is 11.3 Å². The number of thiophene rings is 1. The highest BCUT2D eigenvalue weighted by atomic mass is 32.1. The Bertz CT molecular complexity index is 660. The van der Waals surface area contributed by atoms with Gasteiger partial charge in [0.15, 0.2) is 0 Å². The van der Waals surface area contributed by atoms with Crippen molar-refractivity contribution in [2.24, 2.45) is 0 Å². The highest BCUT2D eigenvalue weighted by Gasteiger charge is 2.10. The first-order valence-electron chi connectivity index (χ1n) is 6.80. The predicted molar refractivity (Wildman–Crippen MR) is 85.6 cm³/mol. The molecule has 0 spiro atoms. The van der Waals surface area contributed by atoms with Gasteiger partial charge in [-0.25, -0.2) is 0 Å². The van der Waals surface area contributed by atoms with Crippen molar-refractivity contribution in [3.63, 3.8) is 0 Å². The molecule has 3 heteroatoms. The Kier molecular flexibility index (Phi) is 4.34. The minimum atomic E-state index is -0.570. The molecule has 1 heterocycles. The third kappa shape index (κ3) is 3.51. The minimum Gasteiger partial charge on any atom is -0.489 e. The van der Waals surface area contributed by atoms with E-state index in [2.05, 4.69) is 0 Å². The maximum absolute atomic E-state index is 10.2. The van der Waals surface area contributed by atoms with Gasteiger partial charge in [-0.05, 0) is 45.6 Å². The minimum absolute atomic E-state index is 0.549. The van der Waals surface area contributed by atoms with Crippen LogP contribution in [0.1, 0.15) is 22.8 Å². The monoisotopic (exact) mass is 296 g/mol. The number of benzene rings is 2. The van der Waals surface area contributed by atoms with Crippen LogP contribution in [-0.4, -0.2) is 5.11 Å². The third-order valence-corrected chi connectivity index (χ3v) is 4.00. The molecule has 1 atom stereocenters. The lowest BCUT2D eigenvalue weighted by atomic mass is 10.0. The molecule has 21 heavy (non-hydrogen) atoms. The van der Waals surface area contributed by atoms with E-state index in [1.54, 1.807) is 11.3 Å². The van der Waals surface area contributed by atoms with Crippen molar-refractivity contribution in [1.29, 1.82) is 0 Å². The zero-order valence-electron chi connectivity index (χ0n) is 11.5. The largest absolute Gasteiger partial charge is 0.489 e. The normalized spacial score (nSPS) is 12.0. The van der Waals surface area contributed by atoms with E-state index in [-0.39, 0.29) is 0 Å². The summed E-state index contributed by atoms with van der Waals surface area (Å²) in [5.74, 6) is 0.806. The van der Waals surface area contributed by atoms with E-state index in [0.29, 0.717) is 6.61 Å². The molecule has 1 N–H and O–H groups in total. The Morgan fingerprint density at radius 2 is 1.67 bits per heavy atom. The van der Waals surface area contributed by atoms with Gasteiger partial charge in [-0.2, -0.15) is 11.3 Å². The second kappa shape index (κ2) is 6.57. The number of ether oxygens (including phenoxy) is 1. The van der Waals surface area contributed by atoms with Gasteiger partial charge in [-0.1, -0.05) is 42.5 Å². The van der Waals surface area contributed by atoms with Crippen LogP contribution in [0.3, 0.4) is 0 Å². The second-order valence-corrected chi connectivity index (χ2v) is 5.58. The summed E-state index contributed by atoms with van der Waals surface area (Å²) in [6, 6.07) is 19.6. The van der Waals surface area contributed by atoms with Crippen molar-refractivity contribution >= 4 is 11.3 Å². The highest BCUT2D eigenvalue weighted by molar-refractivity contribution is 7.07. The van der Waals surface area contributed by atoms with Crippen LogP contribution < -0.4 is 4.74 Å². The van der Waals surface area contributed by atoms with Crippen molar-refractivity contribution in [1.82, 2.24) is 0 Å². The molecule has 3 rings (SSSR count). The summed E-state index contributed by atoms with van der Waals surface area (Å²) in [5, 5.41) is 14.2. The molecule has 2 aromatic carbocycles. The van der Waals surface area contributed by atoms with Gasteiger partial charge in [0.25, 0.3) is 0 Å². The predicted octanol–water partition coefficient (Wildman–Crippen LogP) is 4.41. The van der Waals surface area contributed by atoms with Gasteiger partial charge in [-0.15, -0.1) is 0 Å². The fourth-order valence-corrected chi connectivity index (χ4v) is 2.79. The molecule has 0 radical (unpaired) electrons. The summed E-state index contributed by atoms with van der Waals surface area (Å²) in [4.78, 5) is 0. The van der Waals surface area contributed by atoms with Crippen LogP contribution in [0.15, 0.2) is 71.4 Å². The van der Waals surface area contributed by atoms with Gasteiger partial charge < -0.3 is 9.84 Å². The first kappa shape index (κ1) is 13.9. The van der Waals surface area contributed by atoms with E-state index in [0.717, 1.165) is 22.4 Å². The molecule has 106 valence electrons. The van der Waals surface area contributed by atoms with E-state index < -0.39 is 6.10 Å². The van der Waals surface area contributed by atoms with Crippen molar-refractivity contribution in [2.45, 2.75) is 12.7 Å². The summed E-state index contributed by atoms with van der Waals surface area (Å²) in [5.41, 5.74) is 2.94. The molecule has 0 saturated heterocycles. The maximum Gasteiger partial charge on any atom is 0.119 e. The van der Waals surface area contributed by atoms with E-state index in [1.165, 1.54) is 0 Å². The van der Waals surface area contributed by atoms with Crippen LogP contribution in [0.2, 0.25) is 0 Å². The fourth-order valence-electron chi connectivity index (χ4n) is 2.11. The number of aliphatic hydroxyl groups is 1. The first-order chi connectivity index (χ1) is 10.3. The Hall–Kier alpha value is -2.10. The average molecular weight is 296 g/mol. The van der Waals surface area contributed by atoms with Crippen molar-refractivity contribution in [3.8, 4) is 5.75 Å². The van der Waals surface area contributed by atoms with E-state index in [9.17, 15) is 5.11 Å². The van der Waals surface area contributed by atoms with Gasteiger partial charge >= 0.3 is 0 Å². The molecule has 0 bridgehead atoms. The molecule has 0 saturated carbocycles. The SMILES string of the molecule is OC(c1ccc(OCc2ccccc2)cc1)c1ccsc1. The topological polar surface area (TPSA) is 29.5 Å². The van der Waals surface area contributed by atoms with Gasteiger partial charge in [0.05, 0.1) is 0 Å². The lowest BCUT2D eigenvalue weighted by Gasteiger charge is -2.11. The summed E-state index contributed by atoms with van der Waals surface area (Å²) in [6.07, 6.45) is -0.570. The highest BCUT2D eigenvalue weighted by Crippen LogP contribution is 2.25. The quantitative estimate of drug-likeness (QED) is 0.755. The Morgan fingerprint density at radius 1 is 0.905 bits per heavy atom. The summed E-state index contributed by atoms with van der Waals surface area (Å²) in [6.45, 7) is 0.549. The van der Waals surface area contributed by atoms with Gasteiger partial charge in [-0.3, -0.25) is 0 Å². The molecule has 0 amide bonds. The van der Waals surface area contributed by atoms with Crippen LogP contribution in [0.25, 0.3) is 0 Å². The third-order valence-electron chi connectivity index (χ3n) is 3.30. The number of aliphatic hydroxyl groups excluding tert-OH is 1. The Morgan fingerprint density at radius 3 is 2.33 bits per heavy atom. The molecule has 0 aliphatic carbocycles.